The molecule has 1 aromatic heterocycles. The van der Waals surface area contributed by atoms with E-state index in [0.717, 1.165) is 0 Å². The molecule has 148 valence electrons. The van der Waals surface area contributed by atoms with Gasteiger partial charge in [0.05, 0.1) is 6.54 Å². The van der Waals surface area contributed by atoms with E-state index in [-0.39, 0.29) is 24.3 Å². The molecule has 0 bridgehead atoms. The van der Waals surface area contributed by atoms with Crippen LogP contribution in [0.5, 0.6) is 5.75 Å². The summed E-state index contributed by atoms with van der Waals surface area (Å²) >= 11 is 1.65. The van der Waals surface area contributed by atoms with Gasteiger partial charge < -0.3 is 14.5 Å². The summed E-state index contributed by atoms with van der Waals surface area (Å²) in [5.41, 5.74) is 0. The summed E-state index contributed by atoms with van der Waals surface area (Å²) in [7, 11) is 0. The maximum atomic E-state index is 13.0. The summed E-state index contributed by atoms with van der Waals surface area (Å²) in [5, 5.41) is 2.02. The largest absolute Gasteiger partial charge is 0.484 e. The van der Waals surface area contributed by atoms with Crippen molar-refractivity contribution in [3.05, 3.63) is 65.4 Å². The third kappa shape index (κ3) is 5.45. The van der Waals surface area contributed by atoms with Gasteiger partial charge in [0.15, 0.2) is 6.61 Å². The van der Waals surface area contributed by atoms with Crippen molar-refractivity contribution in [2.75, 3.05) is 26.2 Å². The van der Waals surface area contributed by atoms with E-state index in [1.807, 2.05) is 52.7 Å². The Balaban J connectivity index is 1.48. The molecule has 1 aliphatic rings. The standard InChI is InChI=1S/C22H26N2O3S/c1-2-12-24(16-20-9-6-15-28-20)22(26)18-10-13-23(14-11-18)21(25)17-27-19-7-4-3-5-8-19/h2-9,15,18H,1,10-14,16-17H2. The van der Waals surface area contributed by atoms with Gasteiger partial charge in [-0.05, 0) is 36.4 Å². The molecular formula is C22H26N2O3S. The highest BCUT2D eigenvalue weighted by molar-refractivity contribution is 7.09. The predicted molar refractivity (Wildman–Crippen MR) is 111 cm³/mol. The smallest absolute Gasteiger partial charge is 0.260 e. The number of hydrogen-bond acceptors (Lipinski definition) is 4. The van der Waals surface area contributed by atoms with Crippen LogP contribution >= 0.6 is 11.3 Å². The predicted octanol–water partition coefficient (Wildman–Crippen LogP) is 3.58. The molecule has 28 heavy (non-hydrogen) atoms. The maximum Gasteiger partial charge on any atom is 0.260 e. The van der Waals surface area contributed by atoms with Crippen LogP contribution in [-0.2, 0) is 16.1 Å². The lowest BCUT2D eigenvalue weighted by Gasteiger charge is -2.34. The van der Waals surface area contributed by atoms with E-state index < -0.39 is 0 Å². The van der Waals surface area contributed by atoms with Crippen LogP contribution in [0.25, 0.3) is 0 Å². The Morgan fingerprint density at radius 3 is 2.57 bits per heavy atom. The average molecular weight is 399 g/mol. The summed E-state index contributed by atoms with van der Waals surface area (Å²) in [6, 6.07) is 13.4. The van der Waals surface area contributed by atoms with Crippen LogP contribution in [0.4, 0.5) is 0 Å². The van der Waals surface area contributed by atoms with Gasteiger partial charge in [-0.25, -0.2) is 0 Å². The zero-order valence-corrected chi connectivity index (χ0v) is 16.8. The number of likely N-dealkylation sites (tertiary alicyclic amines) is 1. The van der Waals surface area contributed by atoms with Crippen LogP contribution in [0.3, 0.4) is 0 Å². The number of benzene rings is 1. The molecular weight excluding hydrogens is 372 g/mol. The number of para-hydroxylation sites is 1. The number of hydrogen-bond donors (Lipinski definition) is 0. The van der Waals surface area contributed by atoms with E-state index in [0.29, 0.717) is 44.8 Å². The Hall–Kier alpha value is -2.60. The molecule has 2 heterocycles. The minimum Gasteiger partial charge on any atom is -0.484 e. The number of nitrogens with zero attached hydrogens (tertiary/aromatic N) is 2. The third-order valence-corrected chi connectivity index (χ3v) is 5.75. The van der Waals surface area contributed by atoms with Crippen LogP contribution in [0, 0.1) is 5.92 Å². The van der Waals surface area contributed by atoms with Crippen LogP contribution in [-0.4, -0.2) is 47.9 Å². The summed E-state index contributed by atoms with van der Waals surface area (Å²) in [6.45, 7) is 6.16. The maximum absolute atomic E-state index is 13.0. The minimum absolute atomic E-state index is 0.0312. The Morgan fingerprint density at radius 1 is 1.18 bits per heavy atom. The van der Waals surface area contributed by atoms with Crippen LogP contribution in [0.15, 0.2) is 60.5 Å². The number of rotatable bonds is 8. The number of carbonyl (C=O) groups excluding carboxylic acids is 2. The summed E-state index contributed by atoms with van der Waals surface area (Å²) in [4.78, 5) is 30.2. The van der Waals surface area contributed by atoms with Gasteiger partial charge in [-0.1, -0.05) is 30.3 Å². The lowest BCUT2D eigenvalue weighted by Crippen LogP contribution is -2.45. The first-order valence-corrected chi connectivity index (χ1v) is 10.4. The lowest BCUT2D eigenvalue weighted by atomic mass is 9.95. The number of piperidine rings is 1. The number of ether oxygens (including phenoxy) is 1. The third-order valence-electron chi connectivity index (χ3n) is 4.89. The van der Waals surface area contributed by atoms with Crippen molar-refractivity contribution in [2.24, 2.45) is 5.92 Å². The van der Waals surface area contributed by atoms with E-state index in [1.165, 1.54) is 4.88 Å². The highest BCUT2D eigenvalue weighted by atomic mass is 32.1. The first kappa shape index (κ1) is 20.1. The molecule has 0 N–H and O–H groups in total. The molecule has 0 unspecified atom stereocenters. The molecule has 5 nitrogen and oxygen atoms in total. The second kappa shape index (κ2) is 10.1. The highest BCUT2D eigenvalue weighted by Gasteiger charge is 2.30. The zero-order valence-electron chi connectivity index (χ0n) is 16.0. The molecule has 6 heteroatoms. The van der Waals surface area contributed by atoms with Crippen LogP contribution < -0.4 is 4.74 Å². The molecule has 2 amide bonds. The van der Waals surface area contributed by atoms with E-state index in [9.17, 15) is 9.59 Å². The van der Waals surface area contributed by atoms with Gasteiger partial charge in [-0.15, -0.1) is 17.9 Å². The first-order chi connectivity index (χ1) is 13.7. The Labute approximate surface area is 170 Å². The van der Waals surface area contributed by atoms with E-state index >= 15 is 0 Å². The normalized spacial score (nSPS) is 14.5. The van der Waals surface area contributed by atoms with Crippen LogP contribution in [0.2, 0.25) is 0 Å². The van der Waals surface area contributed by atoms with Crippen molar-refractivity contribution >= 4 is 23.2 Å². The van der Waals surface area contributed by atoms with Crippen molar-refractivity contribution in [2.45, 2.75) is 19.4 Å². The zero-order chi connectivity index (χ0) is 19.8. The summed E-state index contributed by atoms with van der Waals surface area (Å²) in [5.74, 6) is 0.769. The SMILES string of the molecule is C=CCN(Cc1cccs1)C(=O)C1CCN(C(=O)COc2ccccc2)CC1. The fourth-order valence-corrected chi connectivity index (χ4v) is 4.09. The van der Waals surface area contributed by atoms with Crippen molar-refractivity contribution in [1.82, 2.24) is 9.80 Å². The molecule has 1 saturated heterocycles. The minimum atomic E-state index is -0.0426. The lowest BCUT2D eigenvalue weighted by molar-refractivity contribution is -0.141. The number of amides is 2. The summed E-state index contributed by atoms with van der Waals surface area (Å²) in [6.07, 6.45) is 3.15. The van der Waals surface area contributed by atoms with E-state index in [4.69, 9.17) is 4.74 Å². The van der Waals surface area contributed by atoms with E-state index in [1.54, 1.807) is 22.3 Å². The second-order valence-corrected chi connectivity index (χ2v) is 7.88. The van der Waals surface area contributed by atoms with Crippen molar-refractivity contribution in [3.8, 4) is 5.75 Å². The Kier molecular flexibility index (Phi) is 7.25. The first-order valence-electron chi connectivity index (χ1n) is 9.55. The van der Waals surface area contributed by atoms with Gasteiger partial charge in [0.2, 0.25) is 5.91 Å². The van der Waals surface area contributed by atoms with Gasteiger partial charge in [0.1, 0.15) is 5.75 Å². The van der Waals surface area contributed by atoms with Crippen molar-refractivity contribution < 1.29 is 14.3 Å². The molecule has 0 saturated carbocycles. The average Bonchev–Trinajstić information content (AvgIpc) is 3.25. The van der Waals surface area contributed by atoms with Crippen molar-refractivity contribution in [1.29, 1.82) is 0 Å². The quantitative estimate of drug-likeness (QED) is 0.639. The Morgan fingerprint density at radius 2 is 1.93 bits per heavy atom. The Bertz CT molecular complexity index is 768. The van der Waals surface area contributed by atoms with Gasteiger partial charge in [-0.3, -0.25) is 9.59 Å². The highest BCUT2D eigenvalue weighted by Crippen LogP contribution is 2.22. The van der Waals surface area contributed by atoms with Gasteiger partial charge in [0, 0.05) is 30.4 Å². The van der Waals surface area contributed by atoms with Crippen molar-refractivity contribution in [3.63, 3.8) is 0 Å². The number of carbonyl (C=O) groups is 2. The molecule has 3 rings (SSSR count). The topological polar surface area (TPSA) is 49.9 Å². The van der Waals surface area contributed by atoms with Crippen LogP contribution in [0.1, 0.15) is 17.7 Å². The molecule has 1 aliphatic heterocycles. The fraction of sp³-hybridized carbons (Fsp3) is 0.364. The van der Waals surface area contributed by atoms with Gasteiger partial charge in [-0.2, -0.15) is 0 Å². The fourth-order valence-electron chi connectivity index (χ4n) is 3.37. The second-order valence-electron chi connectivity index (χ2n) is 6.84. The molecule has 0 aliphatic carbocycles. The van der Waals surface area contributed by atoms with Gasteiger partial charge in [0.25, 0.3) is 5.91 Å². The number of thiophene rings is 1. The van der Waals surface area contributed by atoms with E-state index in [2.05, 4.69) is 6.58 Å². The molecule has 1 fully saturated rings. The van der Waals surface area contributed by atoms with Gasteiger partial charge >= 0.3 is 0 Å². The molecule has 0 atom stereocenters. The molecule has 1 aromatic carbocycles. The monoisotopic (exact) mass is 398 g/mol. The summed E-state index contributed by atoms with van der Waals surface area (Å²) < 4.78 is 5.55. The molecule has 0 radical (unpaired) electrons. The molecule has 2 aromatic rings. The molecule has 0 spiro atoms.